The fraction of sp³-hybridized carbons (Fsp3) is 0.143. The molecule has 0 aliphatic heterocycles. The smallest absolute Gasteiger partial charge is 0.338 e. The third-order valence-corrected chi connectivity index (χ3v) is 4.15. The van der Waals surface area contributed by atoms with Crippen molar-refractivity contribution in [3.8, 4) is 0 Å². The normalized spacial score (nSPS) is 10.2. The van der Waals surface area contributed by atoms with Crippen molar-refractivity contribution in [2.24, 2.45) is 0 Å². The number of hydrogen-bond donors (Lipinski definition) is 1. The predicted octanol–water partition coefficient (Wildman–Crippen LogP) is 3.39. The summed E-state index contributed by atoms with van der Waals surface area (Å²) < 4.78 is 5.35. The molecule has 0 unspecified atom stereocenters. The fourth-order valence-corrected chi connectivity index (χ4v) is 2.74. The number of carbonyl (C=O) groups excluding carboxylic acids is 2. The van der Waals surface area contributed by atoms with Gasteiger partial charge >= 0.3 is 5.97 Å². The molecule has 9 heteroatoms. The summed E-state index contributed by atoms with van der Waals surface area (Å²) in [7, 11) is 1.53. The number of Topliss-reactive ketones (excluding diaryl/α,β-unsaturated/α-hetero) is 1. The predicted molar refractivity (Wildman–Crippen MR) is 86.6 cm³/mol. The monoisotopic (exact) mass is 354 g/mol. The molecule has 0 amide bonds. The molecule has 23 heavy (non-hydrogen) atoms. The van der Waals surface area contributed by atoms with Gasteiger partial charge in [0.15, 0.2) is 6.61 Å². The molecule has 0 saturated carbocycles. The molecule has 2 aromatic rings. The molecule has 0 aliphatic rings. The van der Waals surface area contributed by atoms with Crippen LogP contribution in [0.3, 0.4) is 0 Å². The molecule has 120 valence electrons. The summed E-state index contributed by atoms with van der Waals surface area (Å²) in [5.41, 5.74) is 0.0156. The standard InChI is InChI=1S/C14H11ClN2O5S/c1-16-9-3-2-8(6-10(9)17(20)21)14(19)22-7-11(18)12-4-5-13(15)23-12/h2-6,16H,7H2,1H3. The topological polar surface area (TPSA) is 98.5 Å². The minimum atomic E-state index is -0.813. The van der Waals surface area contributed by atoms with Crippen molar-refractivity contribution in [2.75, 3.05) is 19.0 Å². The van der Waals surface area contributed by atoms with Gasteiger partial charge in [0, 0.05) is 13.1 Å². The minimum absolute atomic E-state index is 0.00675. The Balaban J connectivity index is 2.07. The van der Waals surface area contributed by atoms with Crippen LogP contribution in [0.25, 0.3) is 0 Å². The number of ketones is 1. The van der Waals surface area contributed by atoms with E-state index in [1.54, 1.807) is 6.07 Å². The summed E-state index contributed by atoms with van der Waals surface area (Å²) in [4.78, 5) is 34.5. The number of nitro benzene ring substituents is 1. The highest BCUT2D eigenvalue weighted by Crippen LogP contribution is 2.25. The first-order chi connectivity index (χ1) is 10.9. The zero-order chi connectivity index (χ0) is 17.0. The summed E-state index contributed by atoms with van der Waals surface area (Å²) in [6, 6.07) is 6.99. The molecule has 0 bridgehead atoms. The van der Waals surface area contributed by atoms with E-state index in [0.29, 0.717) is 9.21 Å². The Morgan fingerprint density at radius 3 is 2.65 bits per heavy atom. The second-order valence-corrected chi connectivity index (χ2v) is 6.06. The molecule has 7 nitrogen and oxygen atoms in total. The first-order valence-electron chi connectivity index (χ1n) is 6.34. The lowest BCUT2D eigenvalue weighted by Crippen LogP contribution is -2.13. The Kier molecular flexibility index (Phi) is 5.30. The quantitative estimate of drug-likeness (QED) is 0.369. The van der Waals surface area contributed by atoms with Crippen molar-refractivity contribution in [2.45, 2.75) is 0 Å². The molecule has 1 N–H and O–H groups in total. The van der Waals surface area contributed by atoms with Gasteiger partial charge in [-0.25, -0.2) is 4.79 Å². The van der Waals surface area contributed by atoms with Crippen molar-refractivity contribution in [1.82, 2.24) is 0 Å². The van der Waals surface area contributed by atoms with Gasteiger partial charge in [-0.3, -0.25) is 14.9 Å². The lowest BCUT2D eigenvalue weighted by atomic mass is 10.1. The van der Waals surface area contributed by atoms with E-state index >= 15 is 0 Å². The van der Waals surface area contributed by atoms with Gasteiger partial charge in [-0.1, -0.05) is 11.6 Å². The number of carbonyl (C=O) groups is 2. The first-order valence-corrected chi connectivity index (χ1v) is 7.53. The van der Waals surface area contributed by atoms with E-state index < -0.39 is 23.3 Å². The van der Waals surface area contributed by atoms with Gasteiger partial charge in [-0.15, -0.1) is 11.3 Å². The number of hydrogen-bond acceptors (Lipinski definition) is 7. The van der Waals surface area contributed by atoms with E-state index in [-0.39, 0.29) is 16.9 Å². The van der Waals surface area contributed by atoms with E-state index in [1.165, 1.54) is 25.2 Å². The van der Waals surface area contributed by atoms with Crippen LogP contribution in [-0.4, -0.2) is 30.3 Å². The van der Waals surface area contributed by atoms with Crippen molar-refractivity contribution >= 4 is 46.1 Å². The summed E-state index contributed by atoms with van der Waals surface area (Å²) in [6.45, 7) is -0.461. The van der Waals surface area contributed by atoms with Crippen LogP contribution in [0, 0.1) is 10.1 Å². The highest BCUT2D eigenvalue weighted by molar-refractivity contribution is 7.18. The number of thiophene rings is 1. The Bertz CT molecular complexity index is 774. The summed E-state index contributed by atoms with van der Waals surface area (Å²) in [5.74, 6) is -1.21. The first kappa shape index (κ1) is 16.9. The maximum atomic E-state index is 11.9. The van der Waals surface area contributed by atoms with Crippen LogP contribution in [-0.2, 0) is 4.74 Å². The lowest BCUT2D eigenvalue weighted by Gasteiger charge is -2.06. The lowest BCUT2D eigenvalue weighted by molar-refractivity contribution is -0.384. The molecule has 1 aromatic carbocycles. The fourth-order valence-electron chi connectivity index (χ4n) is 1.77. The average molecular weight is 355 g/mol. The number of ether oxygens (including phenoxy) is 1. The molecule has 0 radical (unpaired) electrons. The highest BCUT2D eigenvalue weighted by Gasteiger charge is 2.19. The molecule has 0 spiro atoms. The van der Waals surface area contributed by atoms with Crippen molar-refractivity contribution in [3.05, 3.63) is 55.2 Å². The second-order valence-electron chi connectivity index (χ2n) is 4.34. The molecule has 2 rings (SSSR count). The maximum absolute atomic E-state index is 11.9. The molecule has 1 heterocycles. The van der Waals surface area contributed by atoms with E-state index in [1.807, 2.05) is 0 Å². The Labute approximate surface area is 140 Å². The van der Waals surface area contributed by atoms with E-state index in [9.17, 15) is 19.7 Å². The number of benzene rings is 1. The van der Waals surface area contributed by atoms with Crippen LogP contribution in [0.1, 0.15) is 20.0 Å². The Morgan fingerprint density at radius 1 is 1.35 bits per heavy atom. The van der Waals surface area contributed by atoms with Gasteiger partial charge in [-0.2, -0.15) is 0 Å². The third-order valence-electron chi connectivity index (χ3n) is 2.88. The van der Waals surface area contributed by atoms with Gasteiger partial charge in [0.05, 0.1) is 19.7 Å². The average Bonchev–Trinajstić information content (AvgIpc) is 2.98. The largest absolute Gasteiger partial charge is 0.454 e. The van der Waals surface area contributed by atoms with Crippen LogP contribution in [0.5, 0.6) is 0 Å². The molecule has 0 fully saturated rings. The number of esters is 1. The molecule has 1 aromatic heterocycles. The number of nitrogens with one attached hydrogen (secondary N) is 1. The van der Waals surface area contributed by atoms with Gasteiger partial charge in [0.2, 0.25) is 5.78 Å². The van der Waals surface area contributed by atoms with Crippen molar-refractivity contribution < 1.29 is 19.2 Å². The molecule has 0 atom stereocenters. The number of nitro groups is 1. The summed E-state index contributed by atoms with van der Waals surface area (Å²) >= 11 is 6.81. The summed E-state index contributed by atoms with van der Waals surface area (Å²) in [6.07, 6.45) is 0. The Morgan fingerprint density at radius 2 is 2.09 bits per heavy atom. The maximum Gasteiger partial charge on any atom is 0.338 e. The van der Waals surface area contributed by atoms with Gasteiger partial charge in [-0.05, 0) is 24.3 Å². The van der Waals surface area contributed by atoms with Gasteiger partial charge in [0.25, 0.3) is 5.69 Å². The Hall–Kier alpha value is -2.45. The van der Waals surface area contributed by atoms with Gasteiger partial charge < -0.3 is 10.1 Å². The van der Waals surface area contributed by atoms with E-state index in [0.717, 1.165) is 17.4 Å². The van der Waals surface area contributed by atoms with Crippen LogP contribution in [0.15, 0.2) is 30.3 Å². The SMILES string of the molecule is CNc1ccc(C(=O)OCC(=O)c2ccc(Cl)s2)cc1[N+](=O)[O-]. The highest BCUT2D eigenvalue weighted by atomic mass is 35.5. The molecule has 0 aliphatic carbocycles. The third kappa shape index (κ3) is 4.05. The number of rotatable bonds is 6. The van der Waals surface area contributed by atoms with Crippen LogP contribution < -0.4 is 5.32 Å². The van der Waals surface area contributed by atoms with Crippen molar-refractivity contribution in [1.29, 1.82) is 0 Å². The van der Waals surface area contributed by atoms with E-state index in [2.05, 4.69) is 5.32 Å². The number of halogens is 1. The number of nitrogens with zero attached hydrogens (tertiary/aromatic N) is 1. The molecular weight excluding hydrogens is 344 g/mol. The zero-order valence-electron chi connectivity index (χ0n) is 11.9. The van der Waals surface area contributed by atoms with Crippen LogP contribution in [0.4, 0.5) is 11.4 Å². The zero-order valence-corrected chi connectivity index (χ0v) is 13.4. The van der Waals surface area contributed by atoms with Crippen LogP contribution in [0.2, 0.25) is 4.34 Å². The van der Waals surface area contributed by atoms with Gasteiger partial charge in [0.1, 0.15) is 5.69 Å². The van der Waals surface area contributed by atoms with Crippen molar-refractivity contribution in [3.63, 3.8) is 0 Å². The van der Waals surface area contributed by atoms with Crippen LogP contribution >= 0.6 is 22.9 Å². The number of anilines is 1. The molecule has 0 saturated heterocycles. The summed E-state index contributed by atoms with van der Waals surface area (Å²) in [5, 5.41) is 13.6. The molecular formula is C14H11ClN2O5S. The van der Waals surface area contributed by atoms with E-state index in [4.69, 9.17) is 16.3 Å². The second kappa shape index (κ2) is 7.21. The minimum Gasteiger partial charge on any atom is -0.454 e.